The number of carboxylic acids is 1. The predicted molar refractivity (Wildman–Crippen MR) is 89.4 cm³/mol. The van der Waals surface area contributed by atoms with E-state index in [1.54, 1.807) is 11.8 Å². The van der Waals surface area contributed by atoms with Crippen LogP contribution in [0.2, 0.25) is 0 Å². The van der Waals surface area contributed by atoms with E-state index in [9.17, 15) is 4.79 Å². The molecule has 20 heavy (non-hydrogen) atoms. The van der Waals surface area contributed by atoms with Crippen LogP contribution in [-0.4, -0.2) is 28.6 Å². The van der Waals surface area contributed by atoms with Crippen LogP contribution in [0.15, 0.2) is 0 Å². The number of thioether (sulfide) groups is 1. The minimum atomic E-state index is -0.661. The van der Waals surface area contributed by atoms with Crippen molar-refractivity contribution < 1.29 is 9.90 Å². The van der Waals surface area contributed by atoms with Crippen LogP contribution in [0.5, 0.6) is 0 Å². The molecule has 0 fully saturated rings. The normalized spacial score (nSPS) is 12.5. The van der Waals surface area contributed by atoms with E-state index in [0.717, 1.165) is 31.4 Å². The summed E-state index contributed by atoms with van der Waals surface area (Å²) in [5, 5.41) is 8.91. The average Bonchev–Trinajstić information content (AvgIpc) is 2.43. The summed E-state index contributed by atoms with van der Waals surface area (Å²) in [6, 6.07) is 0. The molecular weight excluding hydrogens is 270 g/mol. The van der Waals surface area contributed by atoms with Gasteiger partial charge in [0.25, 0.3) is 0 Å². The smallest absolute Gasteiger partial charge is 0.316 e. The lowest BCUT2D eigenvalue weighted by Crippen LogP contribution is -2.17. The van der Waals surface area contributed by atoms with Crippen molar-refractivity contribution in [2.75, 3.05) is 12.3 Å². The number of carbonyl (C=O) groups is 1. The highest BCUT2D eigenvalue weighted by Crippen LogP contribution is 2.20. The predicted octanol–water partition coefficient (Wildman–Crippen LogP) is 4.44. The van der Waals surface area contributed by atoms with Gasteiger partial charge in [-0.1, -0.05) is 58.3 Å². The van der Waals surface area contributed by atoms with Gasteiger partial charge in [0.15, 0.2) is 0 Å². The van der Waals surface area contributed by atoms with Gasteiger partial charge in [-0.05, 0) is 31.6 Å². The molecule has 0 amide bonds. The van der Waals surface area contributed by atoms with Gasteiger partial charge in [0.05, 0.1) is 0 Å². The highest BCUT2D eigenvalue weighted by atomic mass is 32.2. The fraction of sp³-hybridized carbons (Fsp3) is 0.938. The highest BCUT2D eigenvalue weighted by molar-refractivity contribution is 8.00. The van der Waals surface area contributed by atoms with Gasteiger partial charge in [-0.15, -0.1) is 11.8 Å². The van der Waals surface area contributed by atoms with E-state index < -0.39 is 5.97 Å². The maximum absolute atomic E-state index is 11.1. The summed E-state index contributed by atoms with van der Waals surface area (Å²) in [6.45, 7) is 2.90. The second-order valence-corrected chi connectivity index (χ2v) is 6.77. The average molecular weight is 304 g/mol. The summed E-state index contributed by atoms with van der Waals surface area (Å²) in [7, 11) is 0. The Morgan fingerprint density at radius 2 is 1.60 bits per heavy atom. The Labute approximate surface area is 129 Å². The fourth-order valence-electron chi connectivity index (χ4n) is 2.21. The molecule has 0 aromatic rings. The van der Waals surface area contributed by atoms with Crippen LogP contribution < -0.4 is 5.73 Å². The molecule has 3 nitrogen and oxygen atoms in total. The number of aliphatic carboxylic acids is 1. The molecule has 0 bridgehead atoms. The third-order valence-electron chi connectivity index (χ3n) is 3.51. The lowest BCUT2D eigenvalue weighted by molar-refractivity contribution is -0.136. The third kappa shape index (κ3) is 12.8. The van der Waals surface area contributed by atoms with Crippen molar-refractivity contribution in [3.05, 3.63) is 0 Å². The topological polar surface area (TPSA) is 63.3 Å². The SMILES string of the molecule is CCCCCCCCCCSC(CCCCN)C(=O)O. The second kappa shape index (κ2) is 15.2. The molecule has 120 valence electrons. The first-order valence-corrected chi connectivity index (χ1v) is 9.31. The summed E-state index contributed by atoms with van der Waals surface area (Å²) in [6.07, 6.45) is 13.0. The van der Waals surface area contributed by atoms with E-state index in [1.807, 2.05) is 0 Å². The lowest BCUT2D eigenvalue weighted by atomic mass is 10.1. The molecule has 1 unspecified atom stereocenters. The number of rotatable bonds is 15. The zero-order valence-electron chi connectivity index (χ0n) is 13.1. The number of hydrogen-bond donors (Lipinski definition) is 2. The van der Waals surface area contributed by atoms with Gasteiger partial charge in [-0.2, -0.15) is 0 Å². The lowest BCUT2D eigenvalue weighted by Gasteiger charge is -2.11. The maximum atomic E-state index is 11.1. The molecule has 0 aromatic heterocycles. The van der Waals surface area contributed by atoms with Gasteiger partial charge in [-0.3, -0.25) is 4.79 Å². The van der Waals surface area contributed by atoms with Crippen molar-refractivity contribution in [1.82, 2.24) is 0 Å². The fourth-order valence-corrected chi connectivity index (χ4v) is 3.34. The zero-order valence-corrected chi connectivity index (χ0v) is 13.9. The van der Waals surface area contributed by atoms with Crippen LogP contribution in [0.4, 0.5) is 0 Å². The van der Waals surface area contributed by atoms with Crippen molar-refractivity contribution in [1.29, 1.82) is 0 Å². The van der Waals surface area contributed by atoms with Crippen LogP contribution >= 0.6 is 11.8 Å². The molecule has 0 saturated carbocycles. The Morgan fingerprint density at radius 1 is 1.00 bits per heavy atom. The molecule has 4 heteroatoms. The molecule has 3 N–H and O–H groups in total. The quantitative estimate of drug-likeness (QED) is 0.439. The van der Waals surface area contributed by atoms with E-state index in [-0.39, 0.29) is 5.25 Å². The molecule has 0 rings (SSSR count). The van der Waals surface area contributed by atoms with Crippen molar-refractivity contribution in [2.45, 2.75) is 82.8 Å². The van der Waals surface area contributed by atoms with Crippen molar-refractivity contribution >= 4 is 17.7 Å². The third-order valence-corrected chi connectivity index (χ3v) is 4.88. The van der Waals surface area contributed by atoms with E-state index in [0.29, 0.717) is 6.54 Å². The Bertz CT molecular complexity index is 225. The summed E-state index contributed by atoms with van der Waals surface area (Å²) >= 11 is 1.61. The molecule has 0 saturated heterocycles. The summed E-state index contributed by atoms with van der Waals surface area (Å²) in [4.78, 5) is 11.1. The molecular formula is C16H33NO2S. The van der Waals surface area contributed by atoms with Crippen molar-refractivity contribution in [3.8, 4) is 0 Å². The van der Waals surface area contributed by atoms with E-state index >= 15 is 0 Å². The Hall–Kier alpha value is -0.220. The first kappa shape index (κ1) is 19.8. The van der Waals surface area contributed by atoms with Crippen LogP contribution in [0.1, 0.15) is 77.6 Å². The standard InChI is InChI=1S/C16H33NO2S/c1-2-3-4-5-6-7-8-11-14-20-15(16(18)19)12-9-10-13-17/h15H,2-14,17H2,1H3,(H,18,19). The Kier molecular flexibility index (Phi) is 15.0. The number of hydrogen-bond acceptors (Lipinski definition) is 3. The zero-order chi connectivity index (χ0) is 15.1. The van der Waals surface area contributed by atoms with Gasteiger partial charge >= 0.3 is 5.97 Å². The van der Waals surface area contributed by atoms with Gasteiger partial charge in [-0.25, -0.2) is 0 Å². The minimum absolute atomic E-state index is 0.230. The first-order chi connectivity index (χ1) is 9.72. The molecule has 0 aliphatic carbocycles. The molecule has 0 heterocycles. The Morgan fingerprint density at radius 3 is 2.15 bits per heavy atom. The number of nitrogens with two attached hydrogens (primary N) is 1. The second-order valence-electron chi connectivity index (χ2n) is 5.46. The van der Waals surface area contributed by atoms with E-state index in [4.69, 9.17) is 10.8 Å². The van der Waals surface area contributed by atoms with Gasteiger partial charge in [0, 0.05) is 0 Å². The molecule has 0 aliphatic heterocycles. The van der Waals surface area contributed by atoms with Crippen LogP contribution in [0, 0.1) is 0 Å². The molecule has 0 spiro atoms. The number of carboxylic acid groups (broad SMARTS) is 1. The largest absolute Gasteiger partial charge is 0.480 e. The molecule has 0 aromatic carbocycles. The maximum Gasteiger partial charge on any atom is 0.316 e. The van der Waals surface area contributed by atoms with Crippen molar-refractivity contribution in [3.63, 3.8) is 0 Å². The van der Waals surface area contributed by atoms with Gasteiger partial charge in [0.2, 0.25) is 0 Å². The van der Waals surface area contributed by atoms with Gasteiger partial charge < -0.3 is 10.8 Å². The molecule has 0 radical (unpaired) electrons. The van der Waals surface area contributed by atoms with Crippen molar-refractivity contribution in [2.24, 2.45) is 5.73 Å². The molecule has 1 atom stereocenters. The van der Waals surface area contributed by atoms with Gasteiger partial charge in [0.1, 0.15) is 5.25 Å². The van der Waals surface area contributed by atoms with E-state index in [1.165, 1.54) is 44.9 Å². The Balaban J connectivity index is 3.42. The first-order valence-electron chi connectivity index (χ1n) is 8.26. The van der Waals surface area contributed by atoms with Crippen LogP contribution in [0.25, 0.3) is 0 Å². The van der Waals surface area contributed by atoms with Crippen LogP contribution in [-0.2, 0) is 4.79 Å². The van der Waals surface area contributed by atoms with Crippen LogP contribution in [0.3, 0.4) is 0 Å². The minimum Gasteiger partial charge on any atom is -0.480 e. The monoisotopic (exact) mass is 303 g/mol. The summed E-state index contributed by atoms with van der Waals surface area (Å²) < 4.78 is 0. The summed E-state index contributed by atoms with van der Waals surface area (Å²) in [5.41, 5.74) is 5.44. The highest BCUT2D eigenvalue weighted by Gasteiger charge is 2.16. The number of unbranched alkanes of at least 4 members (excludes halogenated alkanes) is 8. The van der Waals surface area contributed by atoms with E-state index in [2.05, 4.69) is 6.92 Å². The molecule has 0 aliphatic rings. The summed E-state index contributed by atoms with van der Waals surface area (Å²) in [5.74, 6) is 0.320.